The lowest BCUT2D eigenvalue weighted by Gasteiger charge is -2.17. The molecule has 0 aliphatic heterocycles. The highest BCUT2D eigenvalue weighted by Gasteiger charge is 2.17. The first kappa shape index (κ1) is 17.7. The van der Waals surface area contributed by atoms with Crippen LogP contribution in [0.15, 0.2) is 51.8 Å². The van der Waals surface area contributed by atoms with Gasteiger partial charge < -0.3 is 5.32 Å². The molecule has 0 saturated heterocycles. The van der Waals surface area contributed by atoms with E-state index >= 15 is 0 Å². The van der Waals surface area contributed by atoms with Gasteiger partial charge in [-0.15, -0.1) is 0 Å². The number of carbonyl (C=O) groups excluding carboxylic acids is 1. The molecule has 2 aromatic rings. The van der Waals surface area contributed by atoms with E-state index in [9.17, 15) is 13.2 Å². The fourth-order valence-corrected chi connectivity index (χ4v) is 3.53. The quantitative estimate of drug-likeness (QED) is 0.858. The largest absolute Gasteiger partial charge is 0.345 e. The molecule has 1 atom stereocenters. The number of halogens is 1. The second-order valence-electron chi connectivity index (χ2n) is 5.47. The second-order valence-corrected chi connectivity index (χ2v) is 8.34. The summed E-state index contributed by atoms with van der Waals surface area (Å²) in [6.07, 6.45) is 1.13. The highest BCUT2D eigenvalue weighted by atomic mass is 79.9. The van der Waals surface area contributed by atoms with E-state index in [1.807, 2.05) is 31.2 Å². The molecule has 23 heavy (non-hydrogen) atoms. The molecule has 2 rings (SSSR count). The summed E-state index contributed by atoms with van der Waals surface area (Å²) in [5.41, 5.74) is 2.05. The number of hydrogen-bond acceptors (Lipinski definition) is 3. The summed E-state index contributed by atoms with van der Waals surface area (Å²) in [7, 11) is -3.35. The number of rotatable bonds is 4. The average molecular weight is 396 g/mol. The van der Waals surface area contributed by atoms with Crippen LogP contribution in [0.5, 0.6) is 0 Å². The van der Waals surface area contributed by atoms with Crippen LogP contribution >= 0.6 is 15.9 Å². The highest BCUT2D eigenvalue weighted by Crippen LogP contribution is 2.23. The van der Waals surface area contributed by atoms with E-state index in [4.69, 9.17) is 0 Å². The number of hydrogen-bond donors (Lipinski definition) is 1. The van der Waals surface area contributed by atoms with Gasteiger partial charge in [-0.3, -0.25) is 4.79 Å². The van der Waals surface area contributed by atoms with Gasteiger partial charge in [0.1, 0.15) is 0 Å². The molecule has 0 saturated carbocycles. The van der Waals surface area contributed by atoms with E-state index in [-0.39, 0.29) is 16.8 Å². The Kier molecular flexibility index (Phi) is 5.26. The molecular formula is C17H18BrNO3S. The SMILES string of the molecule is Cc1ccc(S(C)(=O)=O)cc1C(=O)NC(C)c1ccccc1Br. The minimum absolute atomic E-state index is 0.141. The van der Waals surface area contributed by atoms with Gasteiger partial charge in [-0.1, -0.05) is 40.2 Å². The van der Waals surface area contributed by atoms with E-state index in [1.165, 1.54) is 12.1 Å². The number of aryl methyl sites for hydroxylation is 1. The van der Waals surface area contributed by atoms with Gasteiger partial charge in [-0.05, 0) is 43.2 Å². The van der Waals surface area contributed by atoms with Crippen LogP contribution < -0.4 is 5.32 Å². The maximum atomic E-state index is 12.5. The lowest BCUT2D eigenvalue weighted by atomic mass is 10.1. The van der Waals surface area contributed by atoms with Gasteiger partial charge in [-0.25, -0.2) is 8.42 Å². The summed E-state index contributed by atoms with van der Waals surface area (Å²) in [6, 6.07) is 12.0. The van der Waals surface area contributed by atoms with Crippen molar-refractivity contribution in [2.24, 2.45) is 0 Å². The van der Waals surface area contributed by atoms with Crippen LogP contribution in [0.2, 0.25) is 0 Å². The summed E-state index contributed by atoms with van der Waals surface area (Å²) in [5, 5.41) is 2.91. The van der Waals surface area contributed by atoms with Crippen LogP contribution in [0.25, 0.3) is 0 Å². The highest BCUT2D eigenvalue weighted by molar-refractivity contribution is 9.10. The molecule has 1 unspecified atom stereocenters. The van der Waals surface area contributed by atoms with Crippen molar-refractivity contribution in [2.75, 3.05) is 6.26 Å². The van der Waals surface area contributed by atoms with Crippen molar-refractivity contribution >= 4 is 31.7 Å². The zero-order valence-electron chi connectivity index (χ0n) is 13.1. The molecule has 0 heterocycles. The van der Waals surface area contributed by atoms with Crippen LogP contribution in [0.4, 0.5) is 0 Å². The van der Waals surface area contributed by atoms with Gasteiger partial charge in [0, 0.05) is 16.3 Å². The van der Waals surface area contributed by atoms with Crippen LogP contribution in [0.1, 0.15) is 34.5 Å². The third-order valence-electron chi connectivity index (χ3n) is 3.60. The first-order chi connectivity index (χ1) is 10.7. The van der Waals surface area contributed by atoms with Crippen molar-refractivity contribution in [3.63, 3.8) is 0 Å². The molecule has 1 amide bonds. The van der Waals surface area contributed by atoms with Crippen molar-refractivity contribution in [2.45, 2.75) is 24.8 Å². The van der Waals surface area contributed by atoms with E-state index in [1.54, 1.807) is 13.0 Å². The molecule has 0 radical (unpaired) electrons. The van der Waals surface area contributed by atoms with Crippen LogP contribution in [0, 0.1) is 6.92 Å². The number of amides is 1. The topological polar surface area (TPSA) is 63.2 Å². The summed E-state index contributed by atoms with van der Waals surface area (Å²) in [4.78, 5) is 12.7. The Morgan fingerprint density at radius 3 is 2.43 bits per heavy atom. The molecular weight excluding hydrogens is 378 g/mol. The molecule has 0 spiro atoms. The van der Waals surface area contributed by atoms with E-state index < -0.39 is 9.84 Å². The number of benzene rings is 2. The number of carbonyl (C=O) groups is 1. The van der Waals surface area contributed by atoms with Crippen molar-refractivity contribution in [3.05, 3.63) is 63.6 Å². The zero-order valence-corrected chi connectivity index (χ0v) is 15.5. The Balaban J connectivity index is 2.29. The second kappa shape index (κ2) is 6.84. The van der Waals surface area contributed by atoms with Gasteiger partial charge in [0.05, 0.1) is 10.9 Å². The molecule has 122 valence electrons. The van der Waals surface area contributed by atoms with Crippen molar-refractivity contribution in [1.29, 1.82) is 0 Å². The Morgan fingerprint density at radius 1 is 1.17 bits per heavy atom. The van der Waals surface area contributed by atoms with Gasteiger partial charge >= 0.3 is 0 Å². The Labute approximate surface area is 145 Å². The third-order valence-corrected chi connectivity index (χ3v) is 5.43. The molecule has 0 aromatic heterocycles. The number of nitrogens with one attached hydrogen (secondary N) is 1. The fraction of sp³-hybridized carbons (Fsp3) is 0.235. The maximum absolute atomic E-state index is 12.5. The monoisotopic (exact) mass is 395 g/mol. The molecule has 1 N–H and O–H groups in total. The van der Waals surface area contributed by atoms with E-state index in [2.05, 4.69) is 21.2 Å². The molecule has 6 heteroatoms. The predicted octanol–water partition coefficient (Wildman–Crippen LogP) is 3.65. The van der Waals surface area contributed by atoms with Crippen molar-refractivity contribution in [3.8, 4) is 0 Å². The van der Waals surface area contributed by atoms with Crippen molar-refractivity contribution < 1.29 is 13.2 Å². The Hall–Kier alpha value is -1.66. The maximum Gasteiger partial charge on any atom is 0.252 e. The molecule has 4 nitrogen and oxygen atoms in total. The minimum Gasteiger partial charge on any atom is -0.345 e. The van der Waals surface area contributed by atoms with Crippen molar-refractivity contribution in [1.82, 2.24) is 5.32 Å². The lowest BCUT2D eigenvalue weighted by molar-refractivity contribution is 0.0939. The lowest BCUT2D eigenvalue weighted by Crippen LogP contribution is -2.27. The first-order valence-corrected chi connectivity index (χ1v) is 9.74. The molecule has 0 bridgehead atoms. The Bertz CT molecular complexity index is 847. The molecule has 0 aliphatic carbocycles. The smallest absolute Gasteiger partial charge is 0.252 e. The van der Waals surface area contributed by atoms with Crippen LogP contribution in [-0.4, -0.2) is 20.6 Å². The summed E-state index contributed by atoms with van der Waals surface area (Å²) in [6.45, 7) is 3.66. The van der Waals surface area contributed by atoms with E-state index in [0.29, 0.717) is 5.56 Å². The zero-order chi connectivity index (χ0) is 17.2. The fourth-order valence-electron chi connectivity index (χ4n) is 2.25. The number of sulfone groups is 1. The van der Waals surface area contributed by atoms with E-state index in [0.717, 1.165) is 21.9 Å². The van der Waals surface area contributed by atoms with Gasteiger partial charge in [0.25, 0.3) is 5.91 Å². The third kappa shape index (κ3) is 4.20. The average Bonchev–Trinajstić information content (AvgIpc) is 2.46. The Morgan fingerprint density at radius 2 is 1.83 bits per heavy atom. The standard InChI is InChI=1S/C17H18BrNO3S/c1-11-8-9-13(23(3,21)22)10-15(11)17(20)19-12(2)14-6-4-5-7-16(14)18/h4-10,12H,1-3H3,(H,19,20). The van der Waals surface area contributed by atoms with Gasteiger partial charge in [0.2, 0.25) is 0 Å². The van der Waals surface area contributed by atoms with Gasteiger partial charge in [0.15, 0.2) is 9.84 Å². The minimum atomic E-state index is -3.35. The predicted molar refractivity (Wildman–Crippen MR) is 94.3 cm³/mol. The molecule has 0 fully saturated rings. The summed E-state index contributed by atoms with van der Waals surface area (Å²) < 4.78 is 24.3. The molecule has 0 aliphatic rings. The first-order valence-electron chi connectivity index (χ1n) is 7.06. The van der Waals surface area contributed by atoms with Gasteiger partial charge in [-0.2, -0.15) is 0 Å². The summed E-state index contributed by atoms with van der Waals surface area (Å²) in [5.74, 6) is -0.295. The van der Waals surface area contributed by atoms with Crippen LogP contribution in [-0.2, 0) is 9.84 Å². The summed E-state index contributed by atoms with van der Waals surface area (Å²) >= 11 is 3.46. The molecule has 2 aromatic carbocycles. The normalized spacial score (nSPS) is 12.7. The van der Waals surface area contributed by atoms with Crippen LogP contribution in [0.3, 0.4) is 0 Å².